The number of nitrogens with one attached hydrogen (secondary N) is 1. The molecule has 164 valence electrons. The standard InChI is InChI=1S/C24H24BrCl2NO3/c1-29-22-6-4-3-5-16(22)9-10-28-14-18-11-23(30-2)24(13-20(18)25)31-15-17-7-8-19(26)12-21(17)27/h3-8,11-13,28H,9-10,14-15H2,1-2H3. The molecular weight excluding hydrogens is 501 g/mol. The first-order chi connectivity index (χ1) is 15.0. The molecule has 0 saturated carbocycles. The molecule has 0 heterocycles. The Bertz CT molecular complexity index is 1030. The van der Waals surface area contributed by atoms with Crippen molar-refractivity contribution in [2.24, 2.45) is 0 Å². The van der Waals surface area contributed by atoms with E-state index in [0.717, 1.165) is 34.3 Å². The minimum absolute atomic E-state index is 0.315. The fourth-order valence-corrected chi connectivity index (χ4v) is 4.06. The van der Waals surface area contributed by atoms with Gasteiger partial charge in [-0.3, -0.25) is 0 Å². The van der Waals surface area contributed by atoms with Crippen LogP contribution in [0.25, 0.3) is 0 Å². The number of methoxy groups -OCH3 is 2. The van der Waals surface area contributed by atoms with Gasteiger partial charge < -0.3 is 19.5 Å². The number of halogens is 3. The average molecular weight is 525 g/mol. The lowest BCUT2D eigenvalue weighted by atomic mass is 10.1. The Labute approximate surface area is 201 Å². The van der Waals surface area contributed by atoms with Crippen LogP contribution in [0.5, 0.6) is 17.2 Å². The summed E-state index contributed by atoms with van der Waals surface area (Å²) < 4.78 is 17.9. The highest BCUT2D eigenvalue weighted by Crippen LogP contribution is 2.34. The van der Waals surface area contributed by atoms with Gasteiger partial charge in [-0.15, -0.1) is 0 Å². The second-order valence-corrected chi connectivity index (χ2v) is 8.56. The molecule has 0 saturated heterocycles. The van der Waals surface area contributed by atoms with Crippen LogP contribution in [0.1, 0.15) is 16.7 Å². The number of hydrogen-bond acceptors (Lipinski definition) is 4. The third-order valence-corrected chi connectivity index (χ3v) is 6.14. The van der Waals surface area contributed by atoms with Crippen molar-refractivity contribution in [1.82, 2.24) is 5.32 Å². The summed E-state index contributed by atoms with van der Waals surface area (Å²) in [7, 11) is 3.32. The summed E-state index contributed by atoms with van der Waals surface area (Å²) in [6, 6.07) is 17.3. The van der Waals surface area contributed by atoms with Gasteiger partial charge in [0.2, 0.25) is 0 Å². The van der Waals surface area contributed by atoms with Gasteiger partial charge in [0.1, 0.15) is 12.4 Å². The second kappa shape index (κ2) is 11.6. The van der Waals surface area contributed by atoms with Gasteiger partial charge >= 0.3 is 0 Å². The summed E-state index contributed by atoms with van der Waals surface area (Å²) in [6.07, 6.45) is 0.877. The lowest BCUT2D eigenvalue weighted by molar-refractivity contribution is 0.284. The third-order valence-electron chi connectivity index (χ3n) is 4.81. The molecule has 4 nitrogen and oxygen atoms in total. The molecule has 7 heteroatoms. The van der Waals surface area contributed by atoms with Crippen molar-refractivity contribution in [3.8, 4) is 17.2 Å². The quantitative estimate of drug-likeness (QED) is 0.300. The van der Waals surface area contributed by atoms with Crippen molar-refractivity contribution in [3.05, 3.63) is 85.8 Å². The first-order valence-electron chi connectivity index (χ1n) is 9.77. The van der Waals surface area contributed by atoms with E-state index in [1.165, 1.54) is 5.56 Å². The molecule has 0 aromatic heterocycles. The Hall–Kier alpha value is -1.92. The summed E-state index contributed by atoms with van der Waals surface area (Å²) in [6.45, 7) is 1.83. The SMILES string of the molecule is COc1ccccc1CCNCc1cc(OC)c(OCc2ccc(Cl)cc2Cl)cc1Br. The Kier molecular flexibility index (Phi) is 8.90. The van der Waals surface area contributed by atoms with Crippen LogP contribution in [0.2, 0.25) is 10.0 Å². The van der Waals surface area contributed by atoms with Crippen LogP contribution in [0, 0.1) is 0 Å². The predicted molar refractivity (Wildman–Crippen MR) is 130 cm³/mol. The van der Waals surface area contributed by atoms with Crippen LogP contribution in [0.3, 0.4) is 0 Å². The summed E-state index contributed by atoms with van der Waals surface area (Å²) in [5.74, 6) is 2.21. The van der Waals surface area contributed by atoms with E-state index in [2.05, 4.69) is 27.3 Å². The topological polar surface area (TPSA) is 39.7 Å². The van der Waals surface area contributed by atoms with Crippen LogP contribution in [-0.2, 0) is 19.6 Å². The van der Waals surface area contributed by atoms with Crippen molar-refractivity contribution in [3.63, 3.8) is 0 Å². The van der Waals surface area contributed by atoms with Crippen molar-refractivity contribution in [2.45, 2.75) is 19.6 Å². The van der Waals surface area contributed by atoms with Crippen LogP contribution in [-0.4, -0.2) is 20.8 Å². The van der Waals surface area contributed by atoms with Crippen LogP contribution >= 0.6 is 39.1 Å². The van der Waals surface area contributed by atoms with Crippen LogP contribution in [0.15, 0.2) is 59.1 Å². The molecule has 3 aromatic carbocycles. The Morgan fingerprint density at radius 3 is 2.35 bits per heavy atom. The van der Waals surface area contributed by atoms with Gasteiger partial charge in [0.15, 0.2) is 11.5 Å². The summed E-state index contributed by atoms with van der Waals surface area (Å²) >= 11 is 15.8. The molecule has 0 atom stereocenters. The van der Waals surface area contributed by atoms with E-state index in [4.69, 9.17) is 37.4 Å². The van der Waals surface area contributed by atoms with E-state index >= 15 is 0 Å². The fourth-order valence-electron chi connectivity index (χ4n) is 3.13. The van der Waals surface area contributed by atoms with Crippen LogP contribution in [0.4, 0.5) is 0 Å². The molecule has 1 N–H and O–H groups in total. The Morgan fingerprint density at radius 1 is 0.839 bits per heavy atom. The van der Waals surface area contributed by atoms with Crippen molar-refractivity contribution in [2.75, 3.05) is 20.8 Å². The highest BCUT2D eigenvalue weighted by molar-refractivity contribution is 9.10. The molecule has 0 spiro atoms. The van der Waals surface area contributed by atoms with Crippen molar-refractivity contribution >= 4 is 39.1 Å². The lowest BCUT2D eigenvalue weighted by Gasteiger charge is -2.15. The maximum absolute atomic E-state index is 6.24. The molecule has 0 unspecified atom stereocenters. The van der Waals surface area contributed by atoms with E-state index in [-0.39, 0.29) is 0 Å². The molecule has 0 aliphatic heterocycles. The zero-order chi connectivity index (χ0) is 22.2. The van der Waals surface area contributed by atoms with Gasteiger partial charge in [0.05, 0.1) is 14.2 Å². The maximum Gasteiger partial charge on any atom is 0.162 e. The minimum Gasteiger partial charge on any atom is -0.496 e. The molecular formula is C24H24BrCl2NO3. The van der Waals surface area contributed by atoms with Gasteiger partial charge in [0, 0.05) is 26.6 Å². The molecule has 3 aromatic rings. The van der Waals surface area contributed by atoms with Crippen molar-refractivity contribution < 1.29 is 14.2 Å². The van der Waals surface area contributed by atoms with Crippen molar-refractivity contribution in [1.29, 1.82) is 0 Å². The molecule has 3 rings (SSSR count). The smallest absolute Gasteiger partial charge is 0.162 e. The van der Waals surface area contributed by atoms with Crippen LogP contribution < -0.4 is 19.5 Å². The molecule has 0 fully saturated rings. The van der Waals surface area contributed by atoms with E-state index in [9.17, 15) is 0 Å². The average Bonchev–Trinajstić information content (AvgIpc) is 2.77. The largest absolute Gasteiger partial charge is 0.496 e. The minimum atomic E-state index is 0.315. The highest BCUT2D eigenvalue weighted by Gasteiger charge is 2.12. The summed E-state index contributed by atoms with van der Waals surface area (Å²) in [5, 5.41) is 4.64. The Morgan fingerprint density at radius 2 is 1.61 bits per heavy atom. The first kappa shape index (κ1) is 23.7. The number of hydrogen-bond donors (Lipinski definition) is 1. The summed E-state index contributed by atoms with van der Waals surface area (Å²) in [5.41, 5.74) is 3.11. The molecule has 0 aliphatic carbocycles. The van der Waals surface area contributed by atoms with E-state index in [1.54, 1.807) is 26.4 Å². The molecule has 0 amide bonds. The second-order valence-electron chi connectivity index (χ2n) is 6.86. The normalized spacial score (nSPS) is 10.7. The van der Waals surface area contributed by atoms with E-state index in [1.807, 2.05) is 36.4 Å². The van der Waals surface area contributed by atoms with Gasteiger partial charge in [-0.25, -0.2) is 0 Å². The number of benzene rings is 3. The number of ether oxygens (including phenoxy) is 3. The lowest BCUT2D eigenvalue weighted by Crippen LogP contribution is -2.17. The Balaban J connectivity index is 1.60. The van der Waals surface area contributed by atoms with Gasteiger partial charge in [-0.2, -0.15) is 0 Å². The zero-order valence-electron chi connectivity index (χ0n) is 17.4. The molecule has 31 heavy (non-hydrogen) atoms. The third kappa shape index (κ3) is 6.53. The van der Waals surface area contributed by atoms with E-state index < -0.39 is 0 Å². The number of para-hydroxylation sites is 1. The zero-order valence-corrected chi connectivity index (χ0v) is 20.5. The molecule has 0 aliphatic rings. The van der Waals surface area contributed by atoms with Gasteiger partial charge in [-0.05, 0) is 54.4 Å². The predicted octanol–water partition coefficient (Wildman–Crippen LogP) is 6.68. The fraction of sp³-hybridized carbons (Fsp3) is 0.250. The van der Waals surface area contributed by atoms with Gasteiger partial charge in [0.25, 0.3) is 0 Å². The molecule has 0 radical (unpaired) electrons. The van der Waals surface area contributed by atoms with E-state index in [0.29, 0.717) is 34.7 Å². The van der Waals surface area contributed by atoms with Gasteiger partial charge in [-0.1, -0.05) is 63.4 Å². The summed E-state index contributed by atoms with van der Waals surface area (Å²) in [4.78, 5) is 0. The highest BCUT2D eigenvalue weighted by atomic mass is 79.9. The monoisotopic (exact) mass is 523 g/mol. The first-order valence-corrected chi connectivity index (χ1v) is 11.3. The molecule has 0 bridgehead atoms. The maximum atomic E-state index is 6.24. The number of rotatable bonds is 10.